The molecular weight excluding hydrogens is 402 g/mol. The zero-order valence-corrected chi connectivity index (χ0v) is 19.0. The summed E-state index contributed by atoms with van der Waals surface area (Å²) in [5.41, 5.74) is 1.62. The van der Waals surface area contributed by atoms with E-state index in [1.807, 2.05) is 38.1 Å². The van der Waals surface area contributed by atoms with Gasteiger partial charge < -0.3 is 14.1 Å². The van der Waals surface area contributed by atoms with Crippen molar-refractivity contribution in [1.29, 1.82) is 0 Å². The van der Waals surface area contributed by atoms with Crippen molar-refractivity contribution in [1.82, 2.24) is 9.88 Å². The first-order valence-corrected chi connectivity index (χ1v) is 11.3. The van der Waals surface area contributed by atoms with Crippen LogP contribution < -0.4 is 4.90 Å². The minimum Gasteiger partial charge on any atom is -0.460 e. The minimum absolute atomic E-state index is 0.161. The SMILES string of the molecule is CCN(Cc1ccc(-c2ccccc2)o1)C1CCN(c2ncccc2C(=O)OC(C)C)C1. The zero-order valence-electron chi connectivity index (χ0n) is 19.0. The first-order valence-electron chi connectivity index (χ1n) is 11.3. The number of hydrogen-bond acceptors (Lipinski definition) is 6. The highest BCUT2D eigenvalue weighted by Gasteiger charge is 2.30. The quantitative estimate of drug-likeness (QED) is 0.466. The van der Waals surface area contributed by atoms with Crippen LogP contribution in [0.2, 0.25) is 0 Å². The van der Waals surface area contributed by atoms with Crippen molar-refractivity contribution in [3.05, 3.63) is 72.1 Å². The molecule has 0 N–H and O–H groups in total. The molecule has 6 heteroatoms. The molecule has 0 radical (unpaired) electrons. The van der Waals surface area contributed by atoms with Crippen LogP contribution in [0, 0.1) is 0 Å². The molecule has 1 unspecified atom stereocenters. The van der Waals surface area contributed by atoms with Crippen molar-refractivity contribution in [2.45, 2.75) is 45.9 Å². The number of ether oxygens (including phenoxy) is 1. The van der Waals surface area contributed by atoms with E-state index in [4.69, 9.17) is 9.15 Å². The fourth-order valence-electron chi connectivity index (χ4n) is 4.24. The van der Waals surface area contributed by atoms with Crippen LogP contribution >= 0.6 is 0 Å². The second-order valence-electron chi connectivity index (χ2n) is 8.41. The third-order valence-electron chi connectivity index (χ3n) is 5.81. The van der Waals surface area contributed by atoms with Gasteiger partial charge >= 0.3 is 5.97 Å². The van der Waals surface area contributed by atoms with Crippen LogP contribution in [0.4, 0.5) is 5.82 Å². The number of furan rings is 1. The highest BCUT2D eigenvalue weighted by molar-refractivity contribution is 5.95. The molecule has 0 saturated carbocycles. The molecule has 3 heterocycles. The summed E-state index contributed by atoms with van der Waals surface area (Å²) in [6, 6.07) is 18.2. The highest BCUT2D eigenvalue weighted by atomic mass is 16.5. The molecule has 1 saturated heterocycles. The van der Waals surface area contributed by atoms with Gasteiger partial charge in [0.2, 0.25) is 0 Å². The van der Waals surface area contributed by atoms with Gasteiger partial charge in [0.15, 0.2) is 0 Å². The molecule has 4 rings (SSSR count). The molecule has 1 aliphatic heterocycles. The Morgan fingerprint density at radius 2 is 2.00 bits per heavy atom. The Labute approximate surface area is 189 Å². The number of anilines is 1. The van der Waals surface area contributed by atoms with E-state index in [1.165, 1.54) is 0 Å². The monoisotopic (exact) mass is 433 g/mol. The largest absolute Gasteiger partial charge is 0.460 e. The van der Waals surface area contributed by atoms with E-state index in [2.05, 4.69) is 39.9 Å². The molecule has 1 atom stereocenters. The van der Waals surface area contributed by atoms with Crippen molar-refractivity contribution >= 4 is 11.8 Å². The normalized spacial score (nSPS) is 16.2. The lowest BCUT2D eigenvalue weighted by molar-refractivity contribution is 0.0378. The van der Waals surface area contributed by atoms with Crippen LogP contribution in [0.25, 0.3) is 11.3 Å². The number of pyridine rings is 1. The van der Waals surface area contributed by atoms with Gasteiger partial charge in [-0.25, -0.2) is 9.78 Å². The van der Waals surface area contributed by atoms with Crippen LogP contribution in [0.5, 0.6) is 0 Å². The third-order valence-corrected chi connectivity index (χ3v) is 5.81. The van der Waals surface area contributed by atoms with Crippen molar-refractivity contribution < 1.29 is 13.9 Å². The average Bonchev–Trinajstić information content (AvgIpc) is 3.48. The topological polar surface area (TPSA) is 58.8 Å². The molecule has 0 aliphatic carbocycles. The Bertz CT molecular complexity index is 1030. The Morgan fingerprint density at radius 3 is 2.75 bits per heavy atom. The van der Waals surface area contributed by atoms with Gasteiger partial charge in [0, 0.05) is 30.9 Å². The molecule has 0 amide bonds. The number of hydrogen-bond donors (Lipinski definition) is 0. The van der Waals surface area contributed by atoms with E-state index in [0.717, 1.165) is 49.7 Å². The van der Waals surface area contributed by atoms with Gasteiger partial charge in [0.05, 0.1) is 12.6 Å². The predicted octanol–water partition coefficient (Wildman–Crippen LogP) is 5.01. The second kappa shape index (κ2) is 10.0. The second-order valence-corrected chi connectivity index (χ2v) is 8.41. The number of carbonyl (C=O) groups is 1. The van der Waals surface area contributed by atoms with Gasteiger partial charge in [0.1, 0.15) is 22.9 Å². The Morgan fingerprint density at radius 1 is 1.19 bits per heavy atom. The maximum Gasteiger partial charge on any atom is 0.342 e. The molecule has 1 aliphatic rings. The van der Waals surface area contributed by atoms with Crippen LogP contribution in [0.3, 0.4) is 0 Å². The van der Waals surface area contributed by atoms with Crippen LogP contribution in [0.15, 0.2) is 65.2 Å². The summed E-state index contributed by atoms with van der Waals surface area (Å²) in [5.74, 6) is 2.25. The molecule has 0 spiro atoms. The fourth-order valence-corrected chi connectivity index (χ4v) is 4.24. The molecule has 3 aromatic rings. The number of carbonyl (C=O) groups excluding carboxylic acids is 1. The standard InChI is InChI=1S/C26H31N3O3/c1-4-28(18-22-12-13-24(32-22)20-9-6-5-7-10-20)21-14-16-29(17-21)25-23(11-8-15-27-25)26(30)31-19(2)3/h5-13,15,19,21H,4,14,16-18H2,1-3H3. The molecule has 1 fully saturated rings. The molecule has 2 aromatic heterocycles. The molecule has 6 nitrogen and oxygen atoms in total. The van der Waals surface area contributed by atoms with E-state index < -0.39 is 0 Å². The molecule has 0 bridgehead atoms. The summed E-state index contributed by atoms with van der Waals surface area (Å²) in [7, 11) is 0. The summed E-state index contributed by atoms with van der Waals surface area (Å²) < 4.78 is 11.6. The first-order chi connectivity index (χ1) is 15.5. The van der Waals surface area contributed by atoms with Gasteiger partial charge in [-0.1, -0.05) is 37.3 Å². The molecule has 1 aromatic carbocycles. The van der Waals surface area contributed by atoms with E-state index in [1.54, 1.807) is 18.3 Å². The van der Waals surface area contributed by atoms with E-state index >= 15 is 0 Å². The van der Waals surface area contributed by atoms with Crippen LogP contribution in [-0.2, 0) is 11.3 Å². The van der Waals surface area contributed by atoms with Gasteiger partial charge in [0.25, 0.3) is 0 Å². The lowest BCUT2D eigenvalue weighted by atomic mass is 10.2. The van der Waals surface area contributed by atoms with Gasteiger partial charge in [-0.15, -0.1) is 0 Å². The summed E-state index contributed by atoms with van der Waals surface area (Å²) in [6.07, 6.45) is 2.59. The molecule has 168 valence electrons. The minimum atomic E-state index is -0.317. The lowest BCUT2D eigenvalue weighted by Gasteiger charge is -2.27. The van der Waals surface area contributed by atoms with E-state index in [9.17, 15) is 4.79 Å². The highest BCUT2D eigenvalue weighted by Crippen LogP contribution is 2.27. The summed E-state index contributed by atoms with van der Waals surface area (Å²) in [5, 5.41) is 0. The predicted molar refractivity (Wildman–Crippen MR) is 126 cm³/mol. The number of aromatic nitrogens is 1. The van der Waals surface area contributed by atoms with Gasteiger partial charge in [-0.3, -0.25) is 4.90 Å². The van der Waals surface area contributed by atoms with Crippen molar-refractivity contribution in [2.24, 2.45) is 0 Å². The van der Waals surface area contributed by atoms with Crippen LogP contribution in [0.1, 0.15) is 43.3 Å². The van der Waals surface area contributed by atoms with E-state index in [-0.39, 0.29) is 12.1 Å². The first kappa shape index (κ1) is 22.1. The number of nitrogens with zero attached hydrogens (tertiary/aromatic N) is 3. The van der Waals surface area contributed by atoms with Crippen LogP contribution in [-0.4, -0.2) is 47.6 Å². The number of esters is 1. The Balaban J connectivity index is 1.44. The van der Waals surface area contributed by atoms with Crippen molar-refractivity contribution in [3.8, 4) is 11.3 Å². The van der Waals surface area contributed by atoms with Crippen molar-refractivity contribution in [2.75, 3.05) is 24.5 Å². The fraction of sp³-hybridized carbons (Fsp3) is 0.385. The smallest absolute Gasteiger partial charge is 0.342 e. The summed E-state index contributed by atoms with van der Waals surface area (Å²) >= 11 is 0. The zero-order chi connectivity index (χ0) is 22.5. The maximum absolute atomic E-state index is 12.6. The van der Waals surface area contributed by atoms with Gasteiger partial charge in [-0.05, 0) is 51.1 Å². The lowest BCUT2D eigenvalue weighted by Crippen LogP contribution is -2.37. The maximum atomic E-state index is 12.6. The summed E-state index contributed by atoms with van der Waals surface area (Å²) in [6.45, 7) is 9.24. The van der Waals surface area contributed by atoms with E-state index in [0.29, 0.717) is 17.4 Å². The average molecular weight is 434 g/mol. The molecule has 32 heavy (non-hydrogen) atoms. The third kappa shape index (κ3) is 5.02. The van der Waals surface area contributed by atoms with Gasteiger partial charge in [-0.2, -0.15) is 0 Å². The Hall–Kier alpha value is -3.12. The van der Waals surface area contributed by atoms with Crippen molar-refractivity contribution in [3.63, 3.8) is 0 Å². The molecular formula is C26H31N3O3. The summed E-state index contributed by atoms with van der Waals surface area (Å²) in [4.78, 5) is 21.7. The number of likely N-dealkylation sites (N-methyl/N-ethyl adjacent to an activating group) is 1. The Kier molecular flexibility index (Phi) is 6.90. The number of benzene rings is 1. The number of rotatable bonds is 8.